The second-order valence-corrected chi connectivity index (χ2v) is 31.2. The van der Waals surface area contributed by atoms with E-state index in [2.05, 4.69) is 111 Å². The summed E-state index contributed by atoms with van der Waals surface area (Å²) in [6.07, 6.45) is 114. The van der Waals surface area contributed by atoms with Gasteiger partial charge in [0.05, 0.1) is 40.3 Å². The fourth-order valence-corrected chi connectivity index (χ4v) is 13.1. The van der Waals surface area contributed by atoms with E-state index in [1.165, 1.54) is 302 Å². The number of rotatable bonds is 83. The van der Waals surface area contributed by atoms with Gasteiger partial charge in [-0.2, -0.15) is 0 Å². The average molecular weight is 1440 g/mol. The standard InChI is InChI=1S/C94H169NO8/c1-6-8-10-12-14-16-18-20-22-24-26-28-30-32-34-36-38-40-42-44-46-48-50-52-54-56-58-60-62-64-66-68-70-72-74-76-78-80-82-84-91(96)101-88-90(89-102-94(93(98)99)100-87-86-95(3,4)5)103-92(97)85-83-81-79-77-75-73-71-69-67-65-63-61-59-57-55-53-51-49-47-45-43-41-39-37-35-33-31-29-27-25-23-21-19-17-15-13-11-9-7-2/h9,11,15,17,21,23,27,29,33,35,39,41,45,47,51,53,90,94H,6-8,10,12-14,16,18-20,22,24-26,28,30-32,34,36-38,40,42-44,46,48-50,52,54-89H2,1-5H3/b11-9-,17-15-,23-21-,29-27-,35-33-,41-39-,47-45-,53-51-. The highest BCUT2D eigenvalue weighted by Gasteiger charge is 2.22. The quantitative estimate of drug-likeness (QED) is 0.0195. The van der Waals surface area contributed by atoms with Gasteiger partial charge in [-0.05, 0) is 77.0 Å². The number of allylic oxidation sites excluding steroid dienone is 16. The van der Waals surface area contributed by atoms with Gasteiger partial charge in [-0.3, -0.25) is 9.59 Å². The van der Waals surface area contributed by atoms with Crippen LogP contribution < -0.4 is 5.11 Å². The summed E-state index contributed by atoms with van der Waals surface area (Å²) in [5, 5.41) is 11.9. The van der Waals surface area contributed by atoms with E-state index in [-0.39, 0.29) is 32.2 Å². The van der Waals surface area contributed by atoms with Gasteiger partial charge in [0, 0.05) is 12.8 Å². The Kier molecular flexibility index (Phi) is 80.8. The summed E-state index contributed by atoms with van der Waals surface area (Å²) in [4.78, 5) is 37.7. The van der Waals surface area contributed by atoms with Gasteiger partial charge in [-0.1, -0.05) is 432 Å². The number of quaternary nitrogens is 1. The molecular formula is C94H169NO8. The zero-order valence-corrected chi connectivity index (χ0v) is 68.7. The minimum absolute atomic E-state index is 0.147. The molecular weight excluding hydrogens is 1270 g/mol. The lowest BCUT2D eigenvalue weighted by Gasteiger charge is -2.26. The SMILES string of the molecule is CC/C=C\C/C=C\C/C=C\C/C=C\C/C=C\C/C=C\C/C=C\C/C=C\CCCCCCCCCCCCCCCCC(=O)OC(COC(=O)CCCCCCCCCCCCCCCCCCCCCCCCCCCCCCCCCCCCCCCCC)COC(OCC[N+](C)(C)C)C(=O)[O-]. The van der Waals surface area contributed by atoms with Gasteiger partial charge >= 0.3 is 11.9 Å². The van der Waals surface area contributed by atoms with Crippen LogP contribution in [0.3, 0.4) is 0 Å². The Balaban J connectivity index is 3.95. The molecule has 598 valence electrons. The molecule has 103 heavy (non-hydrogen) atoms. The fourth-order valence-electron chi connectivity index (χ4n) is 13.1. The number of aliphatic carboxylic acids is 1. The molecule has 0 bridgehead atoms. The number of esters is 2. The Labute approximate surface area is 639 Å². The molecule has 0 N–H and O–H groups in total. The first-order valence-electron chi connectivity index (χ1n) is 44.4. The zero-order chi connectivity index (χ0) is 74.6. The molecule has 9 heteroatoms. The summed E-state index contributed by atoms with van der Waals surface area (Å²) in [5.41, 5.74) is 0. The van der Waals surface area contributed by atoms with Crippen molar-refractivity contribution in [1.29, 1.82) is 0 Å². The molecule has 9 nitrogen and oxygen atoms in total. The Morgan fingerprint density at radius 2 is 0.553 bits per heavy atom. The van der Waals surface area contributed by atoms with E-state index in [0.717, 1.165) is 89.9 Å². The van der Waals surface area contributed by atoms with Crippen LogP contribution in [0.15, 0.2) is 97.2 Å². The van der Waals surface area contributed by atoms with Crippen LogP contribution in [-0.2, 0) is 33.3 Å². The van der Waals surface area contributed by atoms with Gasteiger partial charge in [-0.25, -0.2) is 0 Å². The van der Waals surface area contributed by atoms with E-state index in [1.54, 1.807) is 0 Å². The number of nitrogens with zero attached hydrogens (tertiary/aromatic N) is 1. The van der Waals surface area contributed by atoms with Crippen LogP contribution in [0, 0.1) is 0 Å². The van der Waals surface area contributed by atoms with Crippen LogP contribution in [0.1, 0.15) is 425 Å². The molecule has 0 aliphatic heterocycles. The number of hydrogen-bond acceptors (Lipinski definition) is 8. The first-order valence-corrected chi connectivity index (χ1v) is 44.4. The van der Waals surface area contributed by atoms with E-state index in [0.29, 0.717) is 23.9 Å². The van der Waals surface area contributed by atoms with E-state index in [9.17, 15) is 19.5 Å². The van der Waals surface area contributed by atoms with Crippen LogP contribution in [-0.4, -0.2) is 82.3 Å². The summed E-state index contributed by atoms with van der Waals surface area (Å²) in [6.45, 7) is 4.70. The molecule has 0 saturated carbocycles. The summed E-state index contributed by atoms with van der Waals surface area (Å²) in [5.74, 6) is -2.26. The largest absolute Gasteiger partial charge is 0.545 e. The third-order valence-corrected chi connectivity index (χ3v) is 19.8. The Hall–Kier alpha value is -3.79. The summed E-state index contributed by atoms with van der Waals surface area (Å²) < 4.78 is 22.9. The van der Waals surface area contributed by atoms with Crippen molar-refractivity contribution in [1.82, 2.24) is 0 Å². The number of likely N-dealkylation sites (N-methyl/N-ethyl adjacent to an activating group) is 1. The lowest BCUT2D eigenvalue weighted by atomic mass is 10.0. The Bertz CT molecular complexity index is 2030. The zero-order valence-electron chi connectivity index (χ0n) is 68.7. The van der Waals surface area contributed by atoms with Gasteiger partial charge in [0.25, 0.3) is 0 Å². The number of carbonyl (C=O) groups is 3. The first kappa shape index (κ1) is 99.2. The van der Waals surface area contributed by atoms with Crippen LogP contribution in [0.2, 0.25) is 0 Å². The highest BCUT2D eigenvalue weighted by molar-refractivity contribution is 5.70. The van der Waals surface area contributed by atoms with Gasteiger partial charge < -0.3 is 33.3 Å². The smallest absolute Gasteiger partial charge is 0.306 e. The highest BCUT2D eigenvalue weighted by atomic mass is 16.7. The molecule has 2 unspecified atom stereocenters. The van der Waals surface area contributed by atoms with E-state index >= 15 is 0 Å². The van der Waals surface area contributed by atoms with Gasteiger partial charge in [-0.15, -0.1) is 0 Å². The average Bonchev–Trinajstić information content (AvgIpc) is 0.985. The molecule has 0 aliphatic rings. The molecule has 0 amide bonds. The lowest BCUT2D eigenvalue weighted by Crippen LogP contribution is -2.44. The predicted molar refractivity (Wildman–Crippen MR) is 444 cm³/mol. The molecule has 0 aromatic rings. The van der Waals surface area contributed by atoms with Gasteiger partial charge in [0.2, 0.25) is 0 Å². The number of carboxylic acids is 1. The number of carboxylic acid groups (broad SMARTS) is 1. The highest BCUT2D eigenvalue weighted by Crippen LogP contribution is 2.20. The van der Waals surface area contributed by atoms with E-state index in [1.807, 2.05) is 21.1 Å². The molecule has 0 aliphatic carbocycles. The number of ether oxygens (including phenoxy) is 4. The molecule has 2 atom stereocenters. The van der Waals surface area contributed by atoms with Crippen LogP contribution in [0.25, 0.3) is 0 Å². The predicted octanol–water partition coefficient (Wildman–Crippen LogP) is 27.7. The normalized spacial score (nSPS) is 13.1. The maximum absolute atomic E-state index is 13.0. The molecule has 0 radical (unpaired) electrons. The van der Waals surface area contributed by atoms with Crippen molar-refractivity contribution >= 4 is 17.9 Å². The Morgan fingerprint density at radius 1 is 0.301 bits per heavy atom. The third-order valence-electron chi connectivity index (χ3n) is 19.8. The van der Waals surface area contributed by atoms with Crippen molar-refractivity contribution in [2.75, 3.05) is 47.5 Å². The Morgan fingerprint density at radius 3 is 0.825 bits per heavy atom. The third kappa shape index (κ3) is 85.3. The minimum atomic E-state index is -1.63. The maximum Gasteiger partial charge on any atom is 0.306 e. The van der Waals surface area contributed by atoms with Gasteiger partial charge in [0.15, 0.2) is 12.4 Å². The van der Waals surface area contributed by atoms with E-state index < -0.39 is 24.3 Å². The molecule has 0 spiro atoms. The summed E-state index contributed by atoms with van der Waals surface area (Å²) in [7, 11) is 5.95. The molecule has 0 aromatic carbocycles. The van der Waals surface area contributed by atoms with Crippen LogP contribution >= 0.6 is 0 Å². The van der Waals surface area contributed by atoms with Crippen LogP contribution in [0.5, 0.6) is 0 Å². The fraction of sp³-hybridized carbons (Fsp3) is 0.798. The summed E-state index contributed by atoms with van der Waals surface area (Å²) >= 11 is 0. The van der Waals surface area contributed by atoms with Crippen LogP contribution in [0.4, 0.5) is 0 Å². The second-order valence-electron chi connectivity index (χ2n) is 31.2. The molecule has 0 saturated heterocycles. The maximum atomic E-state index is 13.0. The monoisotopic (exact) mass is 1440 g/mol. The molecule has 0 heterocycles. The van der Waals surface area contributed by atoms with E-state index in [4.69, 9.17) is 18.9 Å². The number of carbonyl (C=O) groups excluding carboxylic acids is 3. The summed E-state index contributed by atoms with van der Waals surface area (Å²) in [6, 6.07) is 0. The van der Waals surface area contributed by atoms with Gasteiger partial charge in [0.1, 0.15) is 13.2 Å². The van der Waals surface area contributed by atoms with Crippen molar-refractivity contribution in [3.05, 3.63) is 97.2 Å². The number of hydrogen-bond donors (Lipinski definition) is 0. The molecule has 0 aromatic heterocycles. The molecule has 0 rings (SSSR count). The van der Waals surface area contributed by atoms with Crippen molar-refractivity contribution in [2.45, 2.75) is 437 Å². The first-order chi connectivity index (χ1) is 50.6. The van der Waals surface area contributed by atoms with Crippen molar-refractivity contribution < 1.29 is 42.9 Å². The van der Waals surface area contributed by atoms with Crippen molar-refractivity contribution in [3.8, 4) is 0 Å². The molecule has 0 fully saturated rings. The number of unbranched alkanes of at least 4 members (excludes halogenated alkanes) is 52. The second kappa shape index (κ2) is 83.8. The van der Waals surface area contributed by atoms with Crippen molar-refractivity contribution in [3.63, 3.8) is 0 Å². The lowest BCUT2D eigenvalue weighted by molar-refractivity contribution is -0.870. The van der Waals surface area contributed by atoms with Crippen molar-refractivity contribution in [2.24, 2.45) is 0 Å². The minimum Gasteiger partial charge on any atom is -0.545 e. The topological polar surface area (TPSA) is 111 Å².